The van der Waals surface area contributed by atoms with Crippen molar-refractivity contribution in [2.75, 3.05) is 0 Å². The Morgan fingerprint density at radius 2 is 2.11 bits per heavy atom. The largest absolute Gasteiger partial charge is 0.320 e. The summed E-state index contributed by atoms with van der Waals surface area (Å²) in [6.07, 6.45) is 3.36. The summed E-state index contributed by atoms with van der Waals surface area (Å²) in [5.74, 6) is -0.500. The van der Waals surface area contributed by atoms with Crippen LogP contribution in [0, 0.1) is 12.7 Å². The third-order valence-corrected chi connectivity index (χ3v) is 3.91. The van der Waals surface area contributed by atoms with Gasteiger partial charge in [0, 0.05) is 22.4 Å². The molecule has 0 saturated carbocycles. The van der Waals surface area contributed by atoms with Gasteiger partial charge in [-0.25, -0.2) is 4.39 Å². The van der Waals surface area contributed by atoms with Crippen molar-refractivity contribution in [3.8, 4) is 0 Å². The van der Waals surface area contributed by atoms with Crippen LogP contribution in [0.3, 0.4) is 0 Å². The van der Waals surface area contributed by atoms with E-state index in [4.69, 9.17) is 17.3 Å². The topological polar surface area (TPSA) is 38.9 Å². The molecule has 18 heavy (non-hydrogen) atoms. The van der Waals surface area contributed by atoms with Gasteiger partial charge >= 0.3 is 0 Å². The standard InChI is InChI=1S/C13H11BrClFN2/c1-7-4-8(6-18-5-7)13(17)9-2-3-10(14)11(15)12(9)16/h2-6,13H,17H2,1H3. The van der Waals surface area contributed by atoms with E-state index in [1.807, 2.05) is 13.0 Å². The van der Waals surface area contributed by atoms with E-state index in [0.29, 0.717) is 10.0 Å². The normalized spacial score (nSPS) is 12.5. The average molecular weight is 330 g/mol. The highest BCUT2D eigenvalue weighted by Crippen LogP contribution is 2.31. The molecule has 0 saturated heterocycles. The molecule has 1 atom stereocenters. The van der Waals surface area contributed by atoms with Gasteiger partial charge < -0.3 is 5.73 Å². The highest BCUT2D eigenvalue weighted by atomic mass is 79.9. The SMILES string of the molecule is Cc1cncc(C(N)c2ccc(Br)c(Cl)c2F)c1. The van der Waals surface area contributed by atoms with Crippen molar-refractivity contribution >= 4 is 27.5 Å². The van der Waals surface area contributed by atoms with Gasteiger partial charge in [0.15, 0.2) is 0 Å². The first kappa shape index (κ1) is 13.5. The molecule has 0 aliphatic heterocycles. The van der Waals surface area contributed by atoms with Gasteiger partial charge in [0.25, 0.3) is 0 Å². The van der Waals surface area contributed by atoms with E-state index in [1.165, 1.54) is 0 Å². The van der Waals surface area contributed by atoms with E-state index >= 15 is 0 Å². The summed E-state index contributed by atoms with van der Waals surface area (Å²) < 4.78 is 14.6. The minimum Gasteiger partial charge on any atom is -0.320 e. The summed E-state index contributed by atoms with van der Waals surface area (Å²) in [4.78, 5) is 4.06. The summed E-state index contributed by atoms with van der Waals surface area (Å²) in [7, 11) is 0. The fraction of sp³-hybridized carbons (Fsp3) is 0.154. The van der Waals surface area contributed by atoms with Crippen LogP contribution in [0.1, 0.15) is 22.7 Å². The van der Waals surface area contributed by atoms with Gasteiger partial charge in [-0.2, -0.15) is 0 Å². The fourth-order valence-corrected chi connectivity index (χ4v) is 2.19. The van der Waals surface area contributed by atoms with Gasteiger partial charge in [-0.1, -0.05) is 23.7 Å². The second-order valence-corrected chi connectivity index (χ2v) is 5.27. The number of aromatic nitrogens is 1. The third-order valence-electron chi connectivity index (χ3n) is 2.66. The van der Waals surface area contributed by atoms with Crippen molar-refractivity contribution in [1.82, 2.24) is 4.98 Å². The molecule has 0 bridgehead atoms. The van der Waals surface area contributed by atoms with E-state index in [0.717, 1.165) is 11.1 Å². The molecule has 0 amide bonds. The van der Waals surface area contributed by atoms with Crippen LogP contribution < -0.4 is 5.73 Å². The van der Waals surface area contributed by atoms with Crippen LogP contribution in [0.15, 0.2) is 35.1 Å². The minimum absolute atomic E-state index is 0.0450. The Kier molecular flexibility index (Phi) is 4.00. The highest BCUT2D eigenvalue weighted by molar-refractivity contribution is 9.10. The summed E-state index contributed by atoms with van der Waals surface area (Å²) in [5.41, 5.74) is 8.14. The maximum Gasteiger partial charge on any atom is 0.148 e. The molecule has 1 aromatic heterocycles. The number of aryl methyl sites for hydroxylation is 1. The smallest absolute Gasteiger partial charge is 0.148 e. The maximum atomic E-state index is 14.0. The molecule has 2 aromatic rings. The van der Waals surface area contributed by atoms with Crippen LogP contribution >= 0.6 is 27.5 Å². The van der Waals surface area contributed by atoms with E-state index in [1.54, 1.807) is 24.5 Å². The molecule has 0 aliphatic rings. The van der Waals surface area contributed by atoms with Gasteiger partial charge in [-0.05, 0) is 40.0 Å². The van der Waals surface area contributed by atoms with Gasteiger partial charge in [-0.3, -0.25) is 4.98 Å². The molecule has 5 heteroatoms. The van der Waals surface area contributed by atoms with Crippen molar-refractivity contribution in [3.05, 3.63) is 62.6 Å². The van der Waals surface area contributed by atoms with Crippen LogP contribution in [-0.4, -0.2) is 4.98 Å². The number of nitrogens with two attached hydrogens (primary N) is 1. The predicted octanol–water partition coefficient (Wildman–Crippen LogP) is 3.99. The molecule has 1 heterocycles. The van der Waals surface area contributed by atoms with Crippen LogP contribution in [0.2, 0.25) is 5.02 Å². The zero-order valence-electron chi connectivity index (χ0n) is 9.62. The second kappa shape index (κ2) is 5.34. The number of hydrogen-bond donors (Lipinski definition) is 1. The Bertz CT molecular complexity index is 589. The first-order valence-corrected chi connectivity index (χ1v) is 6.48. The Morgan fingerprint density at radius 1 is 1.39 bits per heavy atom. The lowest BCUT2D eigenvalue weighted by molar-refractivity contribution is 0.599. The number of pyridine rings is 1. The number of nitrogens with zero attached hydrogens (tertiary/aromatic N) is 1. The molecule has 0 radical (unpaired) electrons. The molecule has 1 aromatic carbocycles. The first-order valence-electron chi connectivity index (χ1n) is 5.31. The molecule has 94 valence electrons. The van der Waals surface area contributed by atoms with E-state index in [9.17, 15) is 4.39 Å². The first-order chi connectivity index (χ1) is 8.50. The summed E-state index contributed by atoms with van der Waals surface area (Å²) in [6.45, 7) is 1.91. The Balaban J connectivity index is 2.46. The van der Waals surface area contributed by atoms with Crippen molar-refractivity contribution in [2.24, 2.45) is 5.73 Å². The molecule has 1 unspecified atom stereocenters. The number of halogens is 3. The Morgan fingerprint density at radius 3 is 2.78 bits per heavy atom. The van der Waals surface area contributed by atoms with E-state index in [-0.39, 0.29) is 5.02 Å². The van der Waals surface area contributed by atoms with E-state index in [2.05, 4.69) is 20.9 Å². The molecular formula is C13H11BrClFN2. The summed E-state index contributed by atoms with van der Waals surface area (Å²) in [5, 5.41) is 0.0450. The summed E-state index contributed by atoms with van der Waals surface area (Å²) in [6, 6.07) is 4.61. The monoisotopic (exact) mass is 328 g/mol. The summed E-state index contributed by atoms with van der Waals surface area (Å²) >= 11 is 9.02. The lowest BCUT2D eigenvalue weighted by Crippen LogP contribution is -2.14. The lowest BCUT2D eigenvalue weighted by atomic mass is 10.00. The van der Waals surface area contributed by atoms with Gasteiger partial charge in [0.1, 0.15) is 5.82 Å². The van der Waals surface area contributed by atoms with Crippen molar-refractivity contribution in [1.29, 1.82) is 0 Å². The van der Waals surface area contributed by atoms with Crippen LogP contribution in [0.4, 0.5) is 4.39 Å². The van der Waals surface area contributed by atoms with Gasteiger partial charge in [0.2, 0.25) is 0 Å². The lowest BCUT2D eigenvalue weighted by Gasteiger charge is -2.14. The maximum absolute atomic E-state index is 14.0. The molecular weight excluding hydrogens is 319 g/mol. The van der Waals surface area contributed by atoms with Crippen molar-refractivity contribution in [3.63, 3.8) is 0 Å². The van der Waals surface area contributed by atoms with Crippen LogP contribution in [0.25, 0.3) is 0 Å². The quantitative estimate of drug-likeness (QED) is 0.846. The van der Waals surface area contributed by atoms with Crippen molar-refractivity contribution < 1.29 is 4.39 Å². The predicted molar refractivity (Wildman–Crippen MR) is 74.1 cm³/mol. The molecule has 0 fully saturated rings. The molecule has 0 aliphatic carbocycles. The Labute approximate surface area is 118 Å². The van der Waals surface area contributed by atoms with Crippen LogP contribution in [0.5, 0.6) is 0 Å². The van der Waals surface area contributed by atoms with Crippen molar-refractivity contribution in [2.45, 2.75) is 13.0 Å². The van der Waals surface area contributed by atoms with E-state index < -0.39 is 11.9 Å². The second-order valence-electron chi connectivity index (χ2n) is 4.04. The number of benzene rings is 1. The van der Waals surface area contributed by atoms with Gasteiger partial charge in [0.05, 0.1) is 11.1 Å². The molecule has 2 N–H and O–H groups in total. The van der Waals surface area contributed by atoms with Gasteiger partial charge in [-0.15, -0.1) is 0 Å². The fourth-order valence-electron chi connectivity index (χ4n) is 1.71. The molecule has 2 rings (SSSR count). The minimum atomic E-state index is -0.581. The zero-order valence-corrected chi connectivity index (χ0v) is 12.0. The number of rotatable bonds is 2. The molecule has 0 spiro atoms. The molecule has 2 nitrogen and oxygen atoms in total. The average Bonchev–Trinajstić information content (AvgIpc) is 2.35. The Hall–Kier alpha value is -0.970. The van der Waals surface area contributed by atoms with Crippen LogP contribution in [-0.2, 0) is 0 Å². The third kappa shape index (κ3) is 2.55. The highest BCUT2D eigenvalue weighted by Gasteiger charge is 2.17. The zero-order chi connectivity index (χ0) is 13.3. The number of hydrogen-bond acceptors (Lipinski definition) is 2.